The average molecular weight is 551 g/mol. The van der Waals surface area contributed by atoms with Crippen molar-refractivity contribution in [3.8, 4) is 5.75 Å². The Labute approximate surface area is 229 Å². The Hall–Kier alpha value is -3.31. The van der Waals surface area contributed by atoms with Crippen molar-refractivity contribution in [1.29, 1.82) is 0 Å². The van der Waals surface area contributed by atoms with Crippen LogP contribution in [-0.2, 0) is 27.8 Å². The van der Waals surface area contributed by atoms with E-state index in [1.807, 2.05) is 29.2 Å². The molecule has 5 rings (SSSR count). The van der Waals surface area contributed by atoms with Gasteiger partial charge >= 0.3 is 0 Å². The molecule has 1 aromatic heterocycles. The van der Waals surface area contributed by atoms with Crippen LogP contribution in [0.4, 0.5) is 0 Å². The minimum atomic E-state index is -4.03. The smallest absolute Gasteiger partial charge is 0.238 e. The van der Waals surface area contributed by atoms with E-state index in [-0.39, 0.29) is 17.2 Å². The van der Waals surface area contributed by atoms with Gasteiger partial charge < -0.3 is 14.7 Å². The zero-order valence-corrected chi connectivity index (χ0v) is 23.0. The topological polar surface area (TPSA) is 126 Å². The number of nitrogens with two attached hydrogens (primary N) is 1. The Morgan fingerprint density at radius 1 is 1.03 bits per heavy atom. The second-order valence-electron chi connectivity index (χ2n) is 10.8. The Morgan fingerprint density at radius 2 is 1.72 bits per heavy atom. The summed E-state index contributed by atoms with van der Waals surface area (Å²) in [6.07, 6.45) is 2.72. The van der Waals surface area contributed by atoms with Crippen LogP contribution in [0.5, 0.6) is 5.75 Å². The predicted octanol–water partition coefficient (Wildman–Crippen LogP) is 2.28. The second-order valence-corrected chi connectivity index (χ2v) is 12.3. The molecule has 3 N–H and O–H groups in total. The zero-order chi connectivity index (χ0) is 27.8. The number of hydrogen-bond donors (Lipinski definition) is 2. The van der Waals surface area contributed by atoms with Gasteiger partial charge in [0.25, 0.3) is 0 Å². The number of piperazine rings is 1. The molecule has 10 heteroatoms. The van der Waals surface area contributed by atoms with Crippen molar-refractivity contribution in [2.75, 3.05) is 26.2 Å². The maximum atomic E-state index is 13.2. The number of primary sulfonamides is 1. The lowest BCUT2D eigenvalue weighted by atomic mass is 9.77. The van der Waals surface area contributed by atoms with Gasteiger partial charge in [0, 0.05) is 56.6 Å². The quantitative estimate of drug-likeness (QED) is 0.482. The van der Waals surface area contributed by atoms with Gasteiger partial charge in [-0.2, -0.15) is 0 Å². The molecule has 206 valence electrons. The molecule has 1 saturated heterocycles. The number of benzene rings is 2. The molecule has 0 bridgehead atoms. The molecule has 2 aliphatic rings. The molecule has 2 aromatic carbocycles. The van der Waals surface area contributed by atoms with Crippen molar-refractivity contribution in [2.45, 2.75) is 49.3 Å². The number of fused-ring (bicyclic) bond motifs is 1. The second kappa shape index (κ2) is 10.7. The number of sulfonamides is 1. The number of ether oxygens (including phenoxy) is 1. The van der Waals surface area contributed by atoms with E-state index >= 15 is 0 Å². The molecule has 2 aliphatic heterocycles. The Kier molecular flexibility index (Phi) is 7.47. The third-order valence-electron chi connectivity index (χ3n) is 7.61. The molecule has 39 heavy (non-hydrogen) atoms. The molecule has 0 saturated carbocycles. The molecule has 1 amide bonds. The molecule has 0 aliphatic carbocycles. The molecular formula is C29H34N4O5S. The van der Waals surface area contributed by atoms with E-state index in [4.69, 9.17) is 9.88 Å². The highest BCUT2D eigenvalue weighted by Gasteiger charge is 2.45. The van der Waals surface area contributed by atoms with Gasteiger partial charge in [-0.05, 0) is 54.8 Å². The van der Waals surface area contributed by atoms with Crippen LogP contribution in [0, 0.1) is 0 Å². The average Bonchev–Trinajstić information content (AvgIpc) is 2.90. The van der Waals surface area contributed by atoms with E-state index in [0.717, 1.165) is 25.2 Å². The Morgan fingerprint density at radius 3 is 2.41 bits per heavy atom. The fraction of sp³-hybridized carbons (Fsp3) is 0.379. The fourth-order valence-electron chi connectivity index (χ4n) is 5.48. The lowest BCUT2D eigenvalue weighted by molar-refractivity contribution is -0.132. The molecule has 9 nitrogen and oxygen atoms in total. The molecule has 2 atom stereocenters. The van der Waals surface area contributed by atoms with Gasteiger partial charge in [0.1, 0.15) is 17.5 Å². The summed E-state index contributed by atoms with van der Waals surface area (Å²) in [6.45, 7) is 7.23. The fourth-order valence-corrected chi connectivity index (χ4v) is 6.27. The standard InChI is InChI=1S/C29H34N4O5S/c1-29(2)28(35)27(22-5-3-4-6-25(22)39(30,36)37)23-17-21(7-8-24(23)38-29)18-26(34)33-15-13-32(14-16-33)19-20-9-11-31-12-10-20/h3-12,17,27-28,35H,13-16,18-19H2,1-2H3,(H2,30,36,37). The highest BCUT2D eigenvalue weighted by molar-refractivity contribution is 7.89. The van der Waals surface area contributed by atoms with Crippen LogP contribution in [0.15, 0.2) is 71.9 Å². The van der Waals surface area contributed by atoms with Gasteiger partial charge in [0.2, 0.25) is 15.9 Å². The number of carbonyl (C=O) groups is 1. The Balaban J connectivity index is 1.36. The number of rotatable bonds is 6. The first-order valence-corrected chi connectivity index (χ1v) is 14.6. The van der Waals surface area contributed by atoms with Crippen molar-refractivity contribution < 1.29 is 23.1 Å². The van der Waals surface area contributed by atoms with E-state index in [1.54, 1.807) is 50.5 Å². The van der Waals surface area contributed by atoms with Crippen LogP contribution in [0.2, 0.25) is 0 Å². The molecule has 1 fully saturated rings. The lowest BCUT2D eigenvalue weighted by Crippen LogP contribution is -2.49. The van der Waals surface area contributed by atoms with Crippen molar-refractivity contribution in [1.82, 2.24) is 14.8 Å². The van der Waals surface area contributed by atoms with Crippen LogP contribution < -0.4 is 9.88 Å². The number of nitrogens with zero attached hydrogens (tertiary/aromatic N) is 3. The molecule has 0 spiro atoms. The van der Waals surface area contributed by atoms with Crippen LogP contribution in [0.3, 0.4) is 0 Å². The summed E-state index contributed by atoms with van der Waals surface area (Å²) in [5, 5.41) is 16.9. The highest BCUT2D eigenvalue weighted by atomic mass is 32.2. The summed E-state index contributed by atoms with van der Waals surface area (Å²) in [5.41, 5.74) is 2.03. The van der Waals surface area contributed by atoms with E-state index < -0.39 is 27.6 Å². The number of carbonyl (C=O) groups excluding carboxylic acids is 1. The summed E-state index contributed by atoms with van der Waals surface area (Å²) in [6, 6.07) is 15.9. The number of aromatic nitrogens is 1. The summed E-state index contributed by atoms with van der Waals surface area (Å²) < 4.78 is 30.9. The number of pyridine rings is 1. The van der Waals surface area contributed by atoms with Gasteiger partial charge in [0.15, 0.2) is 0 Å². The van der Waals surface area contributed by atoms with E-state index in [0.29, 0.717) is 30.0 Å². The zero-order valence-electron chi connectivity index (χ0n) is 22.2. The Bertz CT molecular complexity index is 1450. The number of aliphatic hydroxyl groups excluding tert-OH is 1. The molecular weight excluding hydrogens is 516 g/mol. The first-order valence-electron chi connectivity index (χ1n) is 13.0. The van der Waals surface area contributed by atoms with Gasteiger partial charge in [0.05, 0.1) is 11.3 Å². The first-order chi connectivity index (χ1) is 18.5. The minimum Gasteiger partial charge on any atom is -0.485 e. The third kappa shape index (κ3) is 5.84. The van der Waals surface area contributed by atoms with Gasteiger partial charge in [-0.15, -0.1) is 0 Å². The SMILES string of the molecule is CC1(C)Oc2ccc(CC(=O)N3CCN(Cc4ccncc4)CC3)cc2C(c2ccccc2S(N)(=O)=O)C1O. The predicted molar refractivity (Wildman–Crippen MR) is 147 cm³/mol. The molecule has 0 radical (unpaired) electrons. The van der Waals surface area contributed by atoms with Gasteiger partial charge in [-0.25, -0.2) is 13.6 Å². The van der Waals surface area contributed by atoms with Gasteiger partial charge in [-0.3, -0.25) is 14.7 Å². The van der Waals surface area contributed by atoms with Crippen molar-refractivity contribution in [3.63, 3.8) is 0 Å². The van der Waals surface area contributed by atoms with E-state index in [9.17, 15) is 18.3 Å². The minimum absolute atomic E-state index is 0.0256. The molecule has 2 unspecified atom stereocenters. The number of amides is 1. The van der Waals surface area contributed by atoms with Crippen LogP contribution in [-0.4, -0.2) is 72.1 Å². The van der Waals surface area contributed by atoms with Crippen molar-refractivity contribution in [3.05, 3.63) is 89.2 Å². The number of hydrogen-bond acceptors (Lipinski definition) is 7. The third-order valence-corrected chi connectivity index (χ3v) is 8.59. The van der Waals surface area contributed by atoms with Crippen LogP contribution in [0.1, 0.15) is 42.0 Å². The summed E-state index contributed by atoms with van der Waals surface area (Å²) >= 11 is 0. The monoisotopic (exact) mass is 550 g/mol. The highest BCUT2D eigenvalue weighted by Crippen LogP contribution is 2.46. The number of aliphatic hydroxyl groups is 1. The summed E-state index contributed by atoms with van der Waals surface area (Å²) in [5.74, 6) is -0.136. The van der Waals surface area contributed by atoms with Crippen LogP contribution >= 0.6 is 0 Å². The van der Waals surface area contributed by atoms with Gasteiger partial charge in [-0.1, -0.05) is 30.3 Å². The summed E-state index contributed by atoms with van der Waals surface area (Å²) in [4.78, 5) is 21.5. The maximum absolute atomic E-state index is 13.2. The van der Waals surface area contributed by atoms with Crippen molar-refractivity contribution >= 4 is 15.9 Å². The largest absolute Gasteiger partial charge is 0.485 e. The normalized spacial score (nSPS) is 21.2. The summed E-state index contributed by atoms with van der Waals surface area (Å²) in [7, 11) is -4.03. The lowest BCUT2D eigenvalue weighted by Gasteiger charge is -2.43. The molecule has 3 heterocycles. The van der Waals surface area contributed by atoms with E-state index in [1.165, 1.54) is 11.6 Å². The van der Waals surface area contributed by atoms with Crippen LogP contribution in [0.25, 0.3) is 0 Å². The van der Waals surface area contributed by atoms with E-state index in [2.05, 4.69) is 9.88 Å². The molecule has 3 aromatic rings. The maximum Gasteiger partial charge on any atom is 0.238 e. The first kappa shape index (κ1) is 27.3. The van der Waals surface area contributed by atoms with Crippen molar-refractivity contribution in [2.24, 2.45) is 5.14 Å².